The van der Waals surface area contributed by atoms with E-state index in [1.807, 2.05) is 0 Å². The summed E-state index contributed by atoms with van der Waals surface area (Å²) in [6, 6.07) is 1.04. The zero-order valence-corrected chi connectivity index (χ0v) is 10.9. The van der Waals surface area contributed by atoms with Crippen LogP contribution in [0.15, 0.2) is 0 Å². The molecular weight excluding hydrogens is 214 g/mol. The van der Waals surface area contributed by atoms with Gasteiger partial charge in [0.1, 0.15) is 0 Å². The molecule has 2 unspecified atom stereocenters. The van der Waals surface area contributed by atoms with E-state index in [9.17, 15) is 4.79 Å². The van der Waals surface area contributed by atoms with E-state index in [1.165, 1.54) is 25.8 Å². The van der Waals surface area contributed by atoms with Crippen molar-refractivity contribution in [2.24, 2.45) is 0 Å². The summed E-state index contributed by atoms with van der Waals surface area (Å²) in [4.78, 5) is 13.9. The first kappa shape index (κ1) is 12.8. The first-order valence-corrected chi connectivity index (χ1v) is 6.96. The molecule has 17 heavy (non-hydrogen) atoms. The lowest BCUT2D eigenvalue weighted by Crippen LogP contribution is -2.46. The van der Waals surface area contributed by atoms with Gasteiger partial charge in [0.15, 0.2) is 0 Å². The highest BCUT2D eigenvalue weighted by molar-refractivity contribution is 5.76. The smallest absolute Gasteiger partial charge is 0.221 e. The highest BCUT2D eigenvalue weighted by Gasteiger charge is 2.21. The van der Waals surface area contributed by atoms with E-state index >= 15 is 0 Å². The van der Waals surface area contributed by atoms with Gasteiger partial charge in [-0.1, -0.05) is 6.42 Å². The van der Waals surface area contributed by atoms with Crippen molar-refractivity contribution in [1.82, 2.24) is 15.5 Å². The van der Waals surface area contributed by atoms with Crippen molar-refractivity contribution in [3.8, 4) is 0 Å². The Hall–Kier alpha value is -0.610. The molecule has 1 amide bonds. The molecule has 0 aromatic rings. The van der Waals surface area contributed by atoms with E-state index in [2.05, 4.69) is 22.6 Å². The van der Waals surface area contributed by atoms with E-state index in [1.54, 1.807) is 0 Å². The second kappa shape index (κ2) is 6.36. The first-order chi connectivity index (χ1) is 8.25. The summed E-state index contributed by atoms with van der Waals surface area (Å²) in [5, 5.41) is 6.52. The summed E-state index contributed by atoms with van der Waals surface area (Å²) in [6.45, 7) is 3.10. The van der Waals surface area contributed by atoms with Crippen LogP contribution in [-0.4, -0.2) is 49.6 Å². The molecule has 2 aliphatic heterocycles. The van der Waals surface area contributed by atoms with Crippen molar-refractivity contribution in [2.75, 3.05) is 26.7 Å². The molecule has 0 aromatic carbocycles. The minimum atomic E-state index is 0.206. The number of nitrogens with one attached hydrogen (secondary N) is 2. The topological polar surface area (TPSA) is 44.4 Å². The predicted molar refractivity (Wildman–Crippen MR) is 68.9 cm³/mol. The average Bonchev–Trinajstić information content (AvgIpc) is 2.53. The van der Waals surface area contributed by atoms with Crippen LogP contribution >= 0.6 is 0 Å². The van der Waals surface area contributed by atoms with Gasteiger partial charge in [-0.05, 0) is 39.3 Å². The number of hydrogen-bond acceptors (Lipinski definition) is 3. The van der Waals surface area contributed by atoms with Crippen molar-refractivity contribution in [1.29, 1.82) is 0 Å². The molecule has 4 heteroatoms. The lowest BCUT2D eigenvalue weighted by molar-refractivity contribution is -0.121. The number of amides is 1. The van der Waals surface area contributed by atoms with E-state index in [0.29, 0.717) is 18.5 Å². The maximum absolute atomic E-state index is 11.4. The number of carbonyl (C=O) groups is 1. The van der Waals surface area contributed by atoms with Crippen LogP contribution in [0, 0.1) is 0 Å². The number of nitrogens with zero attached hydrogens (tertiary/aromatic N) is 1. The summed E-state index contributed by atoms with van der Waals surface area (Å²) in [7, 11) is 2.21. The van der Waals surface area contributed by atoms with Gasteiger partial charge in [0.25, 0.3) is 0 Å². The molecule has 0 spiro atoms. The van der Waals surface area contributed by atoms with Gasteiger partial charge < -0.3 is 15.5 Å². The van der Waals surface area contributed by atoms with Gasteiger partial charge in [-0.2, -0.15) is 0 Å². The number of likely N-dealkylation sites (N-methyl/N-ethyl adjacent to an activating group) is 1. The molecule has 0 aliphatic carbocycles. The van der Waals surface area contributed by atoms with E-state index in [-0.39, 0.29) is 5.91 Å². The molecule has 4 nitrogen and oxygen atoms in total. The molecule has 2 fully saturated rings. The average molecular weight is 239 g/mol. The second-order valence-corrected chi connectivity index (χ2v) is 5.43. The van der Waals surface area contributed by atoms with Crippen LogP contribution in [0.2, 0.25) is 0 Å². The van der Waals surface area contributed by atoms with Gasteiger partial charge >= 0.3 is 0 Å². The van der Waals surface area contributed by atoms with Crippen molar-refractivity contribution in [2.45, 2.75) is 50.6 Å². The summed E-state index contributed by atoms with van der Waals surface area (Å²) in [5.41, 5.74) is 0. The van der Waals surface area contributed by atoms with Crippen LogP contribution in [0.4, 0.5) is 0 Å². The maximum Gasteiger partial charge on any atom is 0.221 e. The zero-order valence-electron chi connectivity index (χ0n) is 10.9. The van der Waals surface area contributed by atoms with Crippen molar-refractivity contribution >= 4 is 5.91 Å². The normalized spacial score (nSPS) is 31.9. The summed E-state index contributed by atoms with van der Waals surface area (Å²) in [5.74, 6) is 0.206. The van der Waals surface area contributed by atoms with Crippen LogP contribution in [0.25, 0.3) is 0 Å². The molecule has 0 aromatic heterocycles. The fourth-order valence-electron chi connectivity index (χ4n) is 2.85. The molecule has 0 saturated carbocycles. The van der Waals surface area contributed by atoms with Gasteiger partial charge in [-0.3, -0.25) is 4.79 Å². The summed E-state index contributed by atoms with van der Waals surface area (Å²) < 4.78 is 0. The molecule has 2 rings (SSSR count). The Bertz CT molecular complexity index is 257. The molecule has 2 aliphatic rings. The number of likely N-dealkylation sites (tertiary alicyclic amines) is 1. The Morgan fingerprint density at radius 3 is 3.06 bits per heavy atom. The Morgan fingerprint density at radius 1 is 1.35 bits per heavy atom. The van der Waals surface area contributed by atoms with Crippen LogP contribution < -0.4 is 10.6 Å². The Morgan fingerprint density at radius 2 is 2.24 bits per heavy atom. The molecule has 98 valence electrons. The SMILES string of the molecule is CN1CCCCC1CNC1CCCNC(=O)C1. The first-order valence-electron chi connectivity index (χ1n) is 6.96. The minimum absolute atomic E-state index is 0.206. The van der Waals surface area contributed by atoms with Gasteiger partial charge in [0.05, 0.1) is 0 Å². The third kappa shape index (κ3) is 3.96. The molecule has 2 heterocycles. The Kier molecular flexibility index (Phi) is 4.80. The molecular formula is C13H25N3O. The number of rotatable bonds is 3. The van der Waals surface area contributed by atoms with Crippen molar-refractivity contribution in [3.63, 3.8) is 0 Å². The largest absolute Gasteiger partial charge is 0.356 e. The van der Waals surface area contributed by atoms with Gasteiger partial charge in [0, 0.05) is 31.6 Å². The Labute approximate surface area is 104 Å². The summed E-state index contributed by atoms with van der Waals surface area (Å²) >= 11 is 0. The van der Waals surface area contributed by atoms with E-state index in [4.69, 9.17) is 0 Å². The van der Waals surface area contributed by atoms with Gasteiger partial charge in [-0.15, -0.1) is 0 Å². The van der Waals surface area contributed by atoms with Crippen LogP contribution in [0.5, 0.6) is 0 Å². The van der Waals surface area contributed by atoms with Crippen molar-refractivity contribution < 1.29 is 4.79 Å². The molecule has 0 radical (unpaired) electrons. The van der Waals surface area contributed by atoms with Crippen LogP contribution in [-0.2, 0) is 4.79 Å². The number of piperidine rings is 1. The molecule has 2 saturated heterocycles. The second-order valence-electron chi connectivity index (χ2n) is 5.43. The number of hydrogen-bond donors (Lipinski definition) is 2. The number of carbonyl (C=O) groups excluding carboxylic acids is 1. The zero-order chi connectivity index (χ0) is 12.1. The maximum atomic E-state index is 11.4. The van der Waals surface area contributed by atoms with Crippen LogP contribution in [0.1, 0.15) is 38.5 Å². The van der Waals surface area contributed by atoms with Crippen LogP contribution in [0.3, 0.4) is 0 Å². The quantitative estimate of drug-likeness (QED) is 0.763. The van der Waals surface area contributed by atoms with Gasteiger partial charge in [-0.25, -0.2) is 0 Å². The van der Waals surface area contributed by atoms with E-state index in [0.717, 1.165) is 25.9 Å². The third-order valence-corrected chi connectivity index (χ3v) is 4.05. The lowest BCUT2D eigenvalue weighted by Gasteiger charge is -2.33. The monoisotopic (exact) mass is 239 g/mol. The third-order valence-electron chi connectivity index (χ3n) is 4.05. The van der Waals surface area contributed by atoms with Gasteiger partial charge in [0.2, 0.25) is 5.91 Å². The Balaban J connectivity index is 1.74. The lowest BCUT2D eigenvalue weighted by atomic mass is 10.0. The molecule has 0 bridgehead atoms. The van der Waals surface area contributed by atoms with Crippen molar-refractivity contribution in [3.05, 3.63) is 0 Å². The highest BCUT2D eigenvalue weighted by Crippen LogP contribution is 2.15. The van der Waals surface area contributed by atoms with E-state index < -0.39 is 0 Å². The molecule has 2 atom stereocenters. The fourth-order valence-corrected chi connectivity index (χ4v) is 2.85. The molecule has 2 N–H and O–H groups in total. The predicted octanol–water partition coefficient (Wildman–Crippen LogP) is 0.729. The fraction of sp³-hybridized carbons (Fsp3) is 0.923. The highest BCUT2D eigenvalue weighted by atomic mass is 16.1. The summed E-state index contributed by atoms with van der Waals surface area (Å²) in [6.07, 6.45) is 6.85. The standard InChI is InChI=1S/C13H25N3O/c1-16-8-3-2-6-12(16)10-15-11-5-4-7-14-13(17)9-11/h11-12,15H,2-10H2,1H3,(H,14,17). The minimum Gasteiger partial charge on any atom is -0.356 e.